The summed E-state index contributed by atoms with van der Waals surface area (Å²) in [5.41, 5.74) is 8.02. The number of halogens is 2. The van der Waals surface area contributed by atoms with Gasteiger partial charge in [0.05, 0.1) is 6.04 Å². The first-order valence-corrected chi connectivity index (χ1v) is 6.99. The highest BCUT2D eigenvalue weighted by Gasteiger charge is 2.15. The second kappa shape index (κ2) is 5.31. The normalized spacial score (nSPS) is 12.6. The molecule has 0 radical (unpaired) electrons. The Morgan fingerprint density at radius 3 is 2.80 bits per heavy atom. The SMILES string of the molecule is NC(c1cc(F)ccc1Br)c1cccc2cnccc12. The second-order valence-corrected chi connectivity index (χ2v) is 5.44. The van der Waals surface area contributed by atoms with Crippen LogP contribution in [0.4, 0.5) is 4.39 Å². The lowest BCUT2D eigenvalue weighted by Crippen LogP contribution is -2.13. The Kier molecular flexibility index (Phi) is 3.51. The lowest BCUT2D eigenvalue weighted by molar-refractivity contribution is 0.623. The van der Waals surface area contributed by atoms with E-state index in [1.165, 1.54) is 12.1 Å². The topological polar surface area (TPSA) is 38.9 Å². The second-order valence-electron chi connectivity index (χ2n) is 4.59. The van der Waals surface area contributed by atoms with Crippen LogP contribution in [0.2, 0.25) is 0 Å². The summed E-state index contributed by atoms with van der Waals surface area (Å²) in [7, 11) is 0. The maximum Gasteiger partial charge on any atom is 0.123 e. The summed E-state index contributed by atoms with van der Waals surface area (Å²) in [6, 6.07) is 12.0. The fourth-order valence-corrected chi connectivity index (χ4v) is 2.83. The van der Waals surface area contributed by atoms with Crippen molar-refractivity contribution >= 4 is 26.7 Å². The third-order valence-corrected chi connectivity index (χ3v) is 4.06. The summed E-state index contributed by atoms with van der Waals surface area (Å²) in [6.07, 6.45) is 3.53. The fraction of sp³-hybridized carbons (Fsp3) is 0.0625. The quantitative estimate of drug-likeness (QED) is 0.765. The molecule has 1 unspecified atom stereocenters. The van der Waals surface area contributed by atoms with Gasteiger partial charge in [0.15, 0.2) is 0 Å². The van der Waals surface area contributed by atoms with Gasteiger partial charge in [-0.15, -0.1) is 0 Å². The molecule has 0 amide bonds. The lowest BCUT2D eigenvalue weighted by atomic mass is 9.95. The molecule has 1 heterocycles. The van der Waals surface area contributed by atoms with Gasteiger partial charge in [-0.2, -0.15) is 0 Å². The number of rotatable bonds is 2. The van der Waals surface area contributed by atoms with E-state index in [2.05, 4.69) is 20.9 Å². The molecule has 0 aliphatic heterocycles. The van der Waals surface area contributed by atoms with Gasteiger partial charge < -0.3 is 5.73 Å². The Morgan fingerprint density at radius 2 is 1.95 bits per heavy atom. The van der Waals surface area contributed by atoms with Gasteiger partial charge in [0.1, 0.15) is 5.82 Å². The number of pyridine rings is 1. The minimum absolute atomic E-state index is 0.291. The summed E-state index contributed by atoms with van der Waals surface area (Å²) in [6.45, 7) is 0. The Bertz CT molecular complexity index is 768. The number of aromatic nitrogens is 1. The van der Waals surface area contributed by atoms with Crippen molar-refractivity contribution in [3.8, 4) is 0 Å². The van der Waals surface area contributed by atoms with E-state index in [9.17, 15) is 4.39 Å². The molecule has 0 aliphatic rings. The van der Waals surface area contributed by atoms with E-state index in [1.807, 2.05) is 24.3 Å². The number of hydrogen-bond acceptors (Lipinski definition) is 2. The molecule has 100 valence electrons. The molecule has 0 bridgehead atoms. The highest BCUT2D eigenvalue weighted by Crippen LogP contribution is 2.31. The average Bonchev–Trinajstić information content (AvgIpc) is 2.48. The molecular formula is C16H12BrFN2. The molecule has 1 aromatic heterocycles. The maximum absolute atomic E-state index is 13.5. The number of nitrogens with two attached hydrogens (primary N) is 1. The number of hydrogen-bond donors (Lipinski definition) is 1. The first-order valence-electron chi connectivity index (χ1n) is 6.20. The Labute approximate surface area is 124 Å². The molecular weight excluding hydrogens is 319 g/mol. The van der Waals surface area contributed by atoms with Gasteiger partial charge in [-0.3, -0.25) is 4.98 Å². The molecule has 0 aliphatic carbocycles. The highest BCUT2D eigenvalue weighted by molar-refractivity contribution is 9.10. The highest BCUT2D eigenvalue weighted by atomic mass is 79.9. The van der Waals surface area contributed by atoms with Crippen LogP contribution in [-0.2, 0) is 0 Å². The van der Waals surface area contributed by atoms with Crippen LogP contribution in [0.25, 0.3) is 10.8 Å². The Balaban J connectivity index is 2.17. The van der Waals surface area contributed by atoms with E-state index < -0.39 is 6.04 Å². The molecule has 0 spiro atoms. The zero-order valence-electron chi connectivity index (χ0n) is 10.6. The van der Waals surface area contributed by atoms with Crippen molar-refractivity contribution in [3.63, 3.8) is 0 Å². The summed E-state index contributed by atoms with van der Waals surface area (Å²) in [5.74, 6) is -0.291. The van der Waals surface area contributed by atoms with E-state index >= 15 is 0 Å². The fourth-order valence-electron chi connectivity index (χ4n) is 2.34. The number of benzene rings is 2. The molecule has 2 aromatic carbocycles. The third-order valence-electron chi connectivity index (χ3n) is 3.34. The van der Waals surface area contributed by atoms with E-state index in [0.717, 1.165) is 26.4 Å². The van der Waals surface area contributed by atoms with Gasteiger partial charge in [0.2, 0.25) is 0 Å². The van der Waals surface area contributed by atoms with Crippen LogP contribution >= 0.6 is 15.9 Å². The summed E-state index contributed by atoms with van der Waals surface area (Å²) in [4.78, 5) is 4.11. The van der Waals surface area contributed by atoms with Crippen LogP contribution in [0.5, 0.6) is 0 Å². The van der Waals surface area contributed by atoms with Gasteiger partial charge in [-0.05, 0) is 40.8 Å². The van der Waals surface area contributed by atoms with Crippen molar-refractivity contribution < 1.29 is 4.39 Å². The monoisotopic (exact) mass is 330 g/mol. The predicted molar refractivity (Wildman–Crippen MR) is 81.9 cm³/mol. The lowest BCUT2D eigenvalue weighted by Gasteiger charge is -2.16. The maximum atomic E-state index is 13.5. The van der Waals surface area contributed by atoms with Crippen molar-refractivity contribution in [3.05, 3.63) is 76.3 Å². The predicted octanol–water partition coefficient (Wildman–Crippen LogP) is 4.18. The van der Waals surface area contributed by atoms with Crippen molar-refractivity contribution in [2.75, 3.05) is 0 Å². The van der Waals surface area contributed by atoms with E-state index in [4.69, 9.17) is 5.73 Å². The van der Waals surface area contributed by atoms with Gasteiger partial charge in [0, 0.05) is 22.3 Å². The van der Waals surface area contributed by atoms with Crippen molar-refractivity contribution in [2.24, 2.45) is 5.73 Å². The summed E-state index contributed by atoms with van der Waals surface area (Å²) < 4.78 is 14.3. The first kappa shape index (κ1) is 13.2. The largest absolute Gasteiger partial charge is 0.320 e. The smallest absolute Gasteiger partial charge is 0.123 e. The molecule has 4 heteroatoms. The Morgan fingerprint density at radius 1 is 1.10 bits per heavy atom. The third kappa shape index (κ3) is 2.32. The molecule has 3 rings (SSSR count). The minimum atomic E-state index is -0.397. The molecule has 3 aromatic rings. The summed E-state index contributed by atoms with van der Waals surface area (Å²) in [5, 5.41) is 2.05. The van der Waals surface area contributed by atoms with E-state index in [1.54, 1.807) is 18.5 Å². The standard InChI is InChI=1S/C16H12BrFN2/c17-15-5-4-11(18)8-14(15)16(19)13-3-1-2-10-9-20-7-6-12(10)13/h1-9,16H,19H2. The first-order chi connectivity index (χ1) is 9.66. The van der Waals surface area contributed by atoms with Crippen molar-refractivity contribution in [1.82, 2.24) is 4.98 Å². The van der Waals surface area contributed by atoms with Crippen LogP contribution in [0.15, 0.2) is 59.3 Å². The van der Waals surface area contributed by atoms with Gasteiger partial charge in [0.25, 0.3) is 0 Å². The Hall–Kier alpha value is -1.78. The number of fused-ring (bicyclic) bond motifs is 1. The van der Waals surface area contributed by atoms with Crippen LogP contribution in [-0.4, -0.2) is 4.98 Å². The van der Waals surface area contributed by atoms with E-state index in [-0.39, 0.29) is 5.82 Å². The summed E-state index contributed by atoms with van der Waals surface area (Å²) >= 11 is 3.43. The zero-order valence-corrected chi connectivity index (χ0v) is 12.1. The van der Waals surface area contributed by atoms with Crippen LogP contribution in [0.3, 0.4) is 0 Å². The van der Waals surface area contributed by atoms with E-state index in [0.29, 0.717) is 0 Å². The zero-order chi connectivity index (χ0) is 14.1. The van der Waals surface area contributed by atoms with Gasteiger partial charge >= 0.3 is 0 Å². The van der Waals surface area contributed by atoms with Crippen LogP contribution < -0.4 is 5.73 Å². The van der Waals surface area contributed by atoms with Crippen molar-refractivity contribution in [1.29, 1.82) is 0 Å². The van der Waals surface area contributed by atoms with Crippen LogP contribution in [0.1, 0.15) is 17.2 Å². The van der Waals surface area contributed by atoms with Crippen LogP contribution in [0, 0.1) is 5.82 Å². The molecule has 2 N–H and O–H groups in total. The molecule has 20 heavy (non-hydrogen) atoms. The van der Waals surface area contributed by atoms with Crippen molar-refractivity contribution in [2.45, 2.75) is 6.04 Å². The average molecular weight is 331 g/mol. The molecule has 0 saturated heterocycles. The number of nitrogens with zero attached hydrogens (tertiary/aromatic N) is 1. The molecule has 2 nitrogen and oxygen atoms in total. The molecule has 1 atom stereocenters. The minimum Gasteiger partial charge on any atom is -0.320 e. The van der Waals surface area contributed by atoms with Gasteiger partial charge in [-0.1, -0.05) is 34.1 Å². The molecule has 0 saturated carbocycles. The van der Waals surface area contributed by atoms with Gasteiger partial charge in [-0.25, -0.2) is 4.39 Å². The molecule has 0 fully saturated rings.